The van der Waals surface area contributed by atoms with Gasteiger partial charge in [-0.25, -0.2) is 0 Å². The van der Waals surface area contributed by atoms with Crippen molar-refractivity contribution in [3.05, 3.63) is 0 Å². The molecule has 0 heterocycles. The minimum Gasteiger partial charge on any atom is -0.378 e. The van der Waals surface area contributed by atoms with Gasteiger partial charge in [-0.3, -0.25) is 9.69 Å². The molecule has 0 saturated heterocycles. The molecule has 4 heteroatoms. The SMILES string of the molecule is CCCC(C(=O)NC)C(O)N(CCC)CCC. The Hall–Kier alpha value is -0.610. The van der Waals surface area contributed by atoms with Gasteiger partial charge < -0.3 is 10.4 Å². The van der Waals surface area contributed by atoms with Gasteiger partial charge in [0.2, 0.25) is 5.91 Å². The van der Waals surface area contributed by atoms with Crippen LogP contribution in [-0.2, 0) is 4.79 Å². The Morgan fingerprint density at radius 2 is 1.71 bits per heavy atom. The van der Waals surface area contributed by atoms with Gasteiger partial charge in [0, 0.05) is 20.1 Å². The lowest BCUT2D eigenvalue weighted by molar-refractivity contribution is -0.135. The molecule has 0 aliphatic heterocycles. The lowest BCUT2D eigenvalue weighted by Gasteiger charge is -2.32. The number of nitrogens with one attached hydrogen (secondary N) is 1. The molecule has 0 aromatic heterocycles. The fourth-order valence-electron chi connectivity index (χ4n) is 2.12. The lowest BCUT2D eigenvalue weighted by atomic mass is 9.99. The first kappa shape index (κ1) is 16.4. The van der Waals surface area contributed by atoms with Gasteiger partial charge >= 0.3 is 0 Å². The number of aliphatic hydroxyl groups is 1. The predicted molar refractivity (Wildman–Crippen MR) is 70.6 cm³/mol. The van der Waals surface area contributed by atoms with Crippen molar-refractivity contribution in [2.45, 2.75) is 52.7 Å². The van der Waals surface area contributed by atoms with Gasteiger partial charge in [-0.2, -0.15) is 0 Å². The Balaban J connectivity index is 4.62. The minimum atomic E-state index is -0.658. The molecule has 0 aliphatic carbocycles. The molecule has 0 spiro atoms. The maximum absolute atomic E-state index is 11.8. The van der Waals surface area contributed by atoms with E-state index in [9.17, 15) is 9.90 Å². The third-order valence-corrected chi connectivity index (χ3v) is 2.94. The van der Waals surface area contributed by atoms with E-state index in [1.165, 1.54) is 0 Å². The molecule has 1 amide bonds. The van der Waals surface area contributed by atoms with Crippen LogP contribution in [0.5, 0.6) is 0 Å². The summed E-state index contributed by atoms with van der Waals surface area (Å²) in [7, 11) is 1.63. The van der Waals surface area contributed by atoms with E-state index in [1.807, 2.05) is 11.8 Å². The van der Waals surface area contributed by atoms with Crippen LogP contribution in [0.1, 0.15) is 46.5 Å². The molecule has 2 atom stereocenters. The maximum Gasteiger partial charge on any atom is 0.226 e. The van der Waals surface area contributed by atoms with Crippen molar-refractivity contribution >= 4 is 5.91 Å². The van der Waals surface area contributed by atoms with Crippen molar-refractivity contribution in [2.24, 2.45) is 5.92 Å². The third kappa shape index (κ3) is 5.50. The van der Waals surface area contributed by atoms with E-state index in [-0.39, 0.29) is 11.8 Å². The summed E-state index contributed by atoms with van der Waals surface area (Å²) in [5.41, 5.74) is 0. The number of carbonyl (C=O) groups excluding carboxylic acids is 1. The van der Waals surface area contributed by atoms with E-state index in [4.69, 9.17) is 0 Å². The first-order valence-electron chi connectivity index (χ1n) is 6.75. The Kier molecular flexibility index (Phi) is 9.09. The second-order valence-corrected chi connectivity index (χ2v) is 4.46. The number of hydrogen-bond donors (Lipinski definition) is 2. The van der Waals surface area contributed by atoms with Crippen LogP contribution in [-0.4, -0.2) is 42.3 Å². The monoisotopic (exact) mass is 244 g/mol. The number of carbonyl (C=O) groups is 1. The highest BCUT2D eigenvalue weighted by Crippen LogP contribution is 2.16. The molecular formula is C13H28N2O2. The van der Waals surface area contributed by atoms with Gasteiger partial charge in [0.15, 0.2) is 0 Å². The fraction of sp³-hybridized carbons (Fsp3) is 0.923. The quantitative estimate of drug-likeness (QED) is 0.606. The second kappa shape index (κ2) is 9.42. The molecule has 0 bridgehead atoms. The number of aliphatic hydroxyl groups excluding tert-OH is 1. The van der Waals surface area contributed by atoms with E-state index in [2.05, 4.69) is 19.2 Å². The van der Waals surface area contributed by atoms with E-state index in [1.54, 1.807) is 7.05 Å². The minimum absolute atomic E-state index is 0.0587. The Morgan fingerprint density at radius 3 is 2.06 bits per heavy atom. The van der Waals surface area contributed by atoms with Gasteiger partial charge in [-0.15, -0.1) is 0 Å². The smallest absolute Gasteiger partial charge is 0.226 e. The van der Waals surface area contributed by atoms with Crippen LogP contribution in [0.2, 0.25) is 0 Å². The van der Waals surface area contributed by atoms with Gasteiger partial charge in [0.25, 0.3) is 0 Å². The van der Waals surface area contributed by atoms with Crippen LogP contribution < -0.4 is 5.32 Å². The van der Waals surface area contributed by atoms with Crippen LogP contribution >= 0.6 is 0 Å². The van der Waals surface area contributed by atoms with Gasteiger partial charge in [0.1, 0.15) is 6.23 Å². The molecular weight excluding hydrogens is 216 g/mol. The topological polar surface area (TPSA) is 52.6 Å². The van der Waals surface area contributed by atoms with Crippen molar-refractivity contribution in [1.29, 1.82) is 0 Å². The van der Waals surface area contributed by atoms with E-state index >= 15 is 0 Å². The van der Waals surface area contributed by atoms with Crippen molar-refractivity contribution in [2.75, 3.05) is 20.1 Å². The van der Waals surface area contributed by atoms with E-state index in [0.717, 1.165) is 38.8 Å². The lowest BCUT2D eigenvalue weighted by Crippen LogP contribution is -2.47. The molecule has 2 unspecified atom stereocenters. The van der Waals surface area contributed by atoms with Crippen LogP contribution in [0.25, 0.3) is 0 Å². The van der Waals surface area contributed by atoms with E-state index in [0.29, 0.717) is 0 Å². The normalized spacial score (nSPS) is 14.7. The number of rotatable bonds is 9. The molecule has 0 radical (unpaired) electrons. The molecule has 0 aromatic rings. The summed E-state index contributed by atoms with van der Waals surface area (Å²) in [4.78, 5) is 13.8. The summed E-state index contributed by atoms with van der Waals surface area (Å²) in [6.45, 7) is 7.89. The summed E-state index contributed by atoms with van der Waals surface area (Å²) in [6.07, 6.45) is 2.95. The molecule has 17 heavy (non-hydrogen) atoms. The molecule has 0 fully saturated rings. The van der Waals surface area contributed by atoms with Crippen LogP contribution in [0.3, 0.4) is 0 Å². The third-order valence-electron chi connectivity index (χ3n) is 2.94. The van der Waals surface area contributed by atoms with Crippen molar-refractivity contribution < 1.29 is 9.90 Å². The number of hydrogen-bond acceptors (Lipinski definition) is 3. The zero-order valence-electron chi connectivity index (χ0n) is 11.7. The first-order valence-corrected chi connectivity index (χ1v) is 6.75. The number of nitrogens with zero attached hydrogens (tertiary/aromatic N) is 1. The largest absolute Gasteiger partial charge is 0.378 e. The Bertz CT molecular complexity index is 204. The van der Waals surface area contributed by atoms with Crippen LogP contribution in [0.4, 0.5) is 0 Å². The van der Waals surface area contributed by atoms with Crippen molar-refractivity contribution in [3.8, 4) is 0 Å². The van der Waals surface area contributed by atoms with Crippen LogP contribution in [0, 0.1) is 5.92 Å². The molecule has 0 aliphatic rings. The maximum atomic E-state index is 11.8. The molecule has 0 rings (SSSR count). The molecule has 4 nitrogen and oxygen atoms in total. The van der Waals surface area contributed by atoms with Gasteiger partial charge in [0.05, 0.1) is 5.92 Å². The first-order chi connectivity index (χ1) is 8.12. The fourth-order valence-corrected chi connectivity index (χ4v) is 2.12. The number of amides is 1. The molecule has 0 saturated carbocycles. The Labute approximate surface area is 105 Å². The predicted octanol–water partition coefficient (Wildman–Crippen LogP) is 1.59. The molecule has 2 N–H and O–H groups in total. The van der Waals surface area contributed by atoms with Crippen LogP contribution in [0.15, 0.2) is 0 Å². The summed E-state index contributed by atoms with van der Waals surface area (Å²) < 4.78 is 0. The zero-order valence-corrected chi connectivity index (χ0v) is 11.7. The Morgan fingerprint density at radius 1 is 1.18 bits per heavy atom. The highest BCUT2D eigenvalue weighted by Gasteiger charge is 2.29. The molecule has 0 aromatic carbocycles. The summed E-state index contributed by atoms with van der Waals surface area (Å²) in [6, 6.07) is 0. The van der Waals surface area contributed by atoms with Gasteiger partial charge in [-0.05, 0) is 19.3 Å². The summed E-state index contributed by atoms with van der Waals surface area (Å²) in [5.74, 6) is -0.375. The van der Waals surface area contributed by atoms with Crippen molar-refractivity contribution in [3.63, 3.8) is 0 Å². The highest BCUT2D eigenvalue weighted by atomic mass is 16.3. The van der Waals surface area contributed by atoms with Gasteiger partial charge in [-0.1, -0.05) is 27.2 Å². The van der Waals surface area contributed by atoms with Crippen molar-refractivity contribution in [1.82, 2.24) is 10.2 Å². The highest BCUT2D eigenvalue weighted by molar-refractivity contribution is 5.78. The van der Waals surface area contributed by atoms with E-state index < -0.39 is 6.23 Å². The molecule has 102 valence electrons. The standard InChI is InChI=1S/C13H28N2O2/c1-5-8-11(12(16)14-4)13(17)15(9-6-2)10-7-3/h11,13,17H,5-10H2,1-4H3,(H,14,16). The average Bonchev–Trinajstić information content (AvgIpc) is 2.34. The second-order valence-electron chi connectivity index (χ2n) is 4.46. The average molecular weight is 244 g/mol. The zero-order chi connectivity index (χ0) is 13.3. The summed E-state index contributed by atoms with van der Waals surface area (Å²) >= 11 is 0. The summed E-state index contributed by atoms with van der Waals surface area (Å²) in [5, 5.41) is 13.0.